The Morgan fingerprint density at radius 1 is 1.52 bits per heavy atom. The van der Waals surface area contributed by atoms with Crippen LogP contribution in [-0.4, -0.2) is 29.7 Å². The molecule has 1 aliphatic rings. The molecule has 0 aliphatic carbocycles. The van der Waals surface area contributed by atoms with Crippen LogP contribution in [0.15, 0.2) is 21.5 Å². The normalized spacial score (nSPS) is 16.5. The average Bonchev–Trinajstić information content (AvgIpc) is 2.66. The van der Waals surface area contributed by atoms with Crippen LogP contribution >= 0.6 is 39.3 Å². The van der Waals surface area contributed by atoms with Crippen molar-refractivity contribution in [3.8, 4) is 18.1 Å². The third kappa shape index (κ3) is 3.26. The molecule has 0 bridgehead atoms. The minimum absolute atomic E-state index is 0.0433. The van der Waals surface area contributed by atoms with E-state index in [-0.39, 0.29) is 16.7 Å². The minimum Gasteiger partial charge on any atom is -0.495 e. The number of benzene rings is 1. The van der Waals surface area contributed by atoms with Crippen molar-refractivity contribution >= 4 is 56.5 Å². The first-order valence-corrected chi connectivity index (χ1v) is 7.68. The van der Waals surface area contributed by atoms with Gasteiger partial charge in [-0.25, -0.2) is 0 Å². The van der Waals surface area contributed by atoms with Gasteiger partial charge < -0.3 is 4.74 Å². The highest BCUT2D eigenvalue weighted by Crippen LogP contribution is 2.37. The van der Waals surface area contributed by atoms with Crippen LogP contribution in [0.2, 0.25) is 5.02 Å². The lowest BCUT2D eigenvalue weighted by Gasteiger charge is -2.09. The number of rotatable bonds is 3. The summed E-state index contributed by atoms with van der Waals surface area (Å²) < 4.78 is 5.97. The fraction of sp³-hybridized carbons (Fsp3) is 0.143. The van der Waals surface area contributed by atoms with Gasteiger partial charge in [0, 0.05) is 10.0 Å². The number of terminal acetylenes is 1. The van der Waals surface area contributed by atoms with Crippen LogP contribution in [0.1, 0.15) is 5.56 Å². The molecule has 1 aliphatic heterocycles. The number of thioether (sulfide) groups is 1. The molecule has 1 aromatic rings. The lowest BCUT2D eigenvalue weighted by molar-refractivity contribution is -0.122. The van der Waals surface area contributed by atoms with Crippen LogP contribution in [0, 0.1) is 12.3 Å². The first kappa shape index (κ1) is 16.0. The second kappa shape index (κ2) is 6.56. The van der Waals surface area contributed by atoms with Gasteiger partial charge in [0.15, 0.2) is 0 Å². The second-order valence-corrected chi connectivity index (χ2v) is 6.30. The number of imide groups is 1. The van der Waals surface area contributed by atoms with Gasteiger partial charge in [0.1, 0.15) is 5.75 Å². The molecular weight excluding hydrogens is 378 g/mol. The molecule has 0 saturated carbocycles. The van der Waals surface area contributed by atoms with Crippen molar-refractivity contribution in [3.63, 3.8) is 0 Å². The van der Waals surface area contributed by atoms with Gasteiger partial charge >= 0.3 is 0 Å². The summed E-state index contributed by atoms with van der Waals surface area (Å²) in [5, 5.41) is 0.0187. The van der Waals surface area contributed by atoms with Crippen molar-refractivity contribution in [2.75, 3.05) is 13.7 Å². The number of hydrogen-bond donors (Lipinski definition) is 0. The molecule has 1 fully saturated rings. The number of amides is 2. The summed E-state index contributed by atoms with van der Waals surface area (Å²) in [5.74, 6) is 2.30. The van der Waals surface area contributed by atoms with Crippen molar-refractivity contribution < 1.29 is 14.3 Å². The molecule has 0 unspecified atom stereocenters. The van der Waals surface area contributed by atoms with Crippen molar-refractivity contribution in [1.29, 1.82) is 0 Å². The Hall–Kier alpha value is -1.42. The molecule has 0 spiro atoms. The molecule has 108 valence electrons. The lowest BCUT2D eigenvalue weighted by Crippen LogP contribution is -2.28. The van der Waals surface area contributed by atoms with E-state index in [1.807, 2.05) is 0 Å². The molecule has 1 heterocycles. The zero-order valence-electron chi connectivity index (χ0n) is 10.9. The Bertz CT molecular complexity index is 696. The predicted octanol–water partition coefficient (Wildman–Crippen LogP) is 3.78. The SMILES string of the molecule is C#CCN1C(=O)SC(=Cc2cc(Br)cc(Cl)c2OC)C1=O. The smallest absolute Gasteiger partial charge is 0.294 e. The third-order valence-electron chi connectivity index (χ3n) is 2.65. The molecule has 0 radical (unpaired) electrons. The Balaban J connectivity index is 2.44. The van der Waals surface area contributed by atoms with E-state index in [1.165, 1.54) is 7.11 Å². The number of carbonyl (C=O) groups excluding carboxylic acids is 2. The van der Waals surface area contributed by atoms with E-state index >= 15 is 0 Å². The Kier molecular flexibility index (Phi) is 4.99. The van der Waals surface area contributed by atoms with E-state index in [9.17, 15) is 9.59 Å². The maximum absolute atomic E-state index is 12.1. The Morgan fingerprint density at radius 2 is 2.24 bits per heavy atom. The summed E-state index contributed by atoms with van der Waals surface area (Å²) in [6.45, 7) is -0.0433. The van der Waals surface area contributed by atoms with E-state index in [2.05, 4.69) is 21.9 Å². The maximum atomic E-state index is 12.1. The van der Waals surface area contributed by atoms with Crippen LogP contribution in [0.25, 0.3) is 6.08 Å². The topological polar surface area (TPSA) is 46.6 Å². The van der Waals surface area contributed by atoms with Crippen LogP contribution in [0.3, 0.4) is 0 Å². The third-order valence-corrected chi connectivity index (χ3v) is 4.30. The summed E-state index contributed by atoms with van der Waals surface area (Å²) in [6, 6.07) is 3.43. The van der Waals surface area contributed by atoms with Gasteiger partial charge in [0.25, 0.3) is 11.1 Å². The highest BCUT2D eigenvalue weighted by atomic mass is 79.9. The molecule has 0 N–H and O–H groups in total. The fourth-order valence-corrected chi connectivity index (χ4v) is 3.51. The monoisotopic (exact) mass is 385 g/mol. The maximum Gasteiger partial charge on any atom is 0.294 e. The predicted molar refractivity (Wildman–Crippen MR) is 87.2 cm³/mol. The van der Waals surface area contributed by atoms with Gasteiger partial charge in [0.05, 0.1) is 23.6 Å². The van der Waals surface area contributed by atoms with E-state index in [4.69, 9.17) is 22.8 Å². The van der Waals surface area contributed by atoms with Gasteiger partial charge in [-0.15, -0.1) is 6.42 Å². The minimum atomic E-state index is -0.416. The standard InChI is InChI=1S/C14H9BrClNO3S/c1-3-4-17-13(18)11(21-14(17)19)6-8-5-9(15)7-10(16)12(8)20-2/h1,5-7H,4H2,2H3. The second-order valence-electron chi connectivity index (χ2n) is 3.98. The highest BCUT2D eigenvalue weighted by Gasteiger charge is 2.34. The van der Waals surface area contributed by atoms with Crippen molar-refractivity contribution in [2.45, 2.75) is 0 Å². The van der Waals surface area contributed by atoms with E-state index < -0.39 is 5.91 Å². The molecule has 2 rings (SSSR count). The first-order chi connectivity index (χ1) is 9.97. The van der Waals surface area contributed by atoms with Gasteiger partial charge in [-0.05, 0) is 30.0 Å². The summed E-state index contributed by atoms with van der Waals surface area (Å²) in [4.78, 5) is 25.1. The zero-order valence-corrected chi connectivity index (χ0v) is 14.0. The molecule has 0 atom stereocenters. The molecule has 1 saturated heterocycles. The molecule has 21 heavy (non-hydrogen) atoms. The van der Waals surface area contributed by atoms with Crippen molar-refractivity contribution in [2.24, 2.45) is 0 Å². The van der Waals surface area contributed by atoms with Gasteiger partial charge in [0.2, 0.25) is 0 Å². The van der Waals surface area contributed by atoms with Crippen molar-refractivity contribution in [1.82, 2.24) is 4.90 Å². The van der Waals surface area contributed by atoms with Crippen LogP contribution in [-0.2, 0) is 4.79 Å². The van der Waals surface area contributed by atoms with Gasteiger partial charge in [-0.1, -0.05) is 33.5 Å². The number of nitrogens with zero attached hydrogens (tertiary/aromatic N) is 1. The van der Waals surface area contributed by atoms with E-state index in [0.717, 1.165) is 21.1 Å². The average molecular weight is 387 g/mol. The summed E-state index contributed by atoms with van der Waals surface area (Å²) >= 11 is 10.2. The molecule has 4 nitrogen and oxygen atoms in total. The first-order valence-electron chi connectivity index (χ1n) is 5.69. The highest BCUT2D eigenvalue weighted by molar-refractivity contribution is 9.10. The summed E-state index contributed by atoms with van der Waals surface area (Å²) in [6.07, 6.45) is 6.71. The number of carbonyl (C=O) groups is 2. The lowest BCUT2D eigenvalue weighted by atomic mass is 10.2. The van der Waals surface area contributed by atoms with Crippen LogP contribution in [0.4, 0.5) is 4.79 Å². The number of methoxy groups -OCH3 is 1. The molecule has 0 aromatic heterocycles. The van der Waals surface area contributed by atoms with E-state index in [1.54, 1.807) is 18.2 Å². The van der Waals surface area contributed by atoms with Crippen LogP contribution in [0.5, 0.6) is 5.75 Å². The van der Waals surface area contributed by atoms with E-state index in [0.29, 0.717) is 16.3 Å². The largest absolute Gasteiger partial charge is 0.495 e. The fourth-order valence-electron chi connectivity index (χ4n) is 1.77. The number of halogens is 2. The van der Waals surface area contributed by atoms with Crippen LogP contribution < -0.4 is 4.74 Å². The van der Waals surface area contributed by atoms with Gasteiger partial charge in [-0.2, -0.15) is 0 Å². The Morgan fingerprint density at radius 3 is 2.86 bits per heavy atom. The molecule has 1 aromatic carbocycles. The van der Waals surface area contributed by atoms with Crippen molar-refractivity contribution in [3.05, 3.63) is 32.1 Å². The zero-order chi connectivity index (χ0) is 15.6. The quantitative estimate of drug-likeness (QED) is 0.586. The molecule has 2 amide bonds. The Labute approximate surface area is 139 Å². The molecular formula is C14H9BrClNO3S. The molecule has 7 heteroatoms. The van der Waals surface area contributed by atoms with Gasteiger partial charge in [-0.3, -0.25) is 14.5 Å². The number of ether oxygens (including phenoxy) is 1. The summed E-state index contributed by atoms with van der Waals surface area (Å²) in [7, 11) is 1.48. The summed E-state index contributed by atoms with van der Waals surface area (Å²) in [5.41, 5.74) is 0.600. The number of hydrogen-bond acceptors (Lipinski definition) is 4.